The van der Waals surface area contributed by atoms with Crippen LogP contribution in [0.4, 0.5) is 0 Å². The van der Waals surface area contributed by atoms with E-state index in [2.05, 4.69) is 0 Å². The van der Waals surface area contributed by atoms with Crippen LogP contribution in [0.15, 0.2) is 0 Å². The lowest BCUT2D eigenvalue weighted by Gasteiger charge is -1.90. The Labute approximate surface area is 40.5 Å². The molecule has 0 aliphatic carbocycles. The minimum absolute atomic E-state index is 0.368. The highest BCUT2D eigenvalue weighted by molar-refractivity contribution is 7.66. The van der Waals surface area contributed by atoms with Crippen molar-refractivity contribution in [2.24, 2.45) is 5.64 Å². The van der Waals surface area contributed by atoms with Gasteiger partial charge < -0.3 is 10.2 Å². The second-order valence-corrected chi connectivity index (χ2v) is 1.58. The molecular weight excluding hydrogens is 95.8 g/mol. The Morgan fingerprint density at radius 3 is 2.83 bits per heavy atom. The molecule has 0 spiro atoms. The molecule has 6 heavy (non-hydrogen) atoms. The third-order valence-electron chi connectivity index (χ3n) is 0.296. The molecule has 0 rings (SSSR count). The molecule has 0 aliphatic heterocycles. The van der Waals surface area contributed by atoms with Gasteiger partial charge in [0.15, 0.2) is 0 Å². The molecule has 0 heterocycles. The maximum atomic E-state index is 4.98. The van der Waals surface area contributed by atoms with Gasteiger partial charge in [0.1, 0.15) is 0 Å². The van der Waals surface area contributed by atoms with Crippen molar-refractivity contribution >= 4 is 15.8 Å². The van der Waals surface area contributed by atoms with Crippen molar-refractivity contribution in [3.63, 3.8) is 0 Å². The highest BCUT2D eigenvalue weighted by Gasteiger charge is 1.76. The average Bonchev–Trinajstić information content (AvgIpc) is 1.61. The Kier molecular flexibility index (Phi) is 5.79. The molecule has 1 radical (unpaired) electrons. The molecule has 0 aromatic heterocycles. The third kappa shape index (κ3) is 4.41. The maximum absolute atomic E-state index is 4.98. The summed E-state index contributed by atoms with van der Waals surface area (Å²) in [7, 11) is 1.89. The molecule has 0 amide bonds. The fourth-order valence-electron chi connectivity index (χ4n) is 0.131. The van der Waals surface area contributed by atoms with E-state index in [9.17, 15) is 0 Å². The molecule has 1 atom stereocenters. The number of rotatable bonds is 3. The van der Waals surface area contributed by atoms with E-state index < -0.39 is 0 Å². The smallest absolute Gasteiger partial charge is 0.268 e. The number of hydrogen-bond donors (Lipinski definition) is 1. The second kappa shape index (κ2) is 5.41. The standard InChI is InChI=1S/C2H8BNOP/c1-2-5-6-3-4/h6H,2,4H2,1H3. The van der Waals surface area contributed by atoms with Gasteiger partial charge in [-0.1, -0.05) is 0 Å². The molecule has 0 bridgehead atoms. The van der Waals surface area contributed by atoms with Crippen LogP contribution in [0.5, 0.6) is 0 Å². The predicted molar refractivity (Wildman–Crippen MR) is 29.9 cm³/mol. The molecule has 0 fully saturated rings. The van der Waals surface area contributed by atoms with Crippen molar-refractivity contribution in [1.29, 1.82) is 0 Å². The van der Waals surface area contributed by atoms with Crippen LogP contribution in [0, 0.1) is 0 Å². The van der Waals surface area contributed by atoms with Crippen LogP contribution in [0.2, 0.25) is 0 Å². The first-order valence-corrected chi connectivity index (χ1v) is 2.81. The van der Waals surface area contributed by atoms with Gasteiger partial charge in [0.25, 0.3) is 7.13 Å². The van der Waals surface area contributed by atoms with Gasteiger partial charge in [-0.2, -0.15) is 0 Å². The Morgan fingerprint density at radius 1 is 2.00 bits per heavy atom. The Hall–Kier alpha value is 0.415. The first kappa shape index (κ1) is 6.41. The van der Waals surface area contributed by atoms with E-state index in [0.717, 1.165) is 6.61 Å². The minimum atomic E-state index is 0.368. The van der Waals surface area contributed by atoms with Crippen LogP contribution >= 0.6 is 8.69 Å². The summed E-state index contributed by atoms with van der Waals surface area (Å²) >= 11 is 0. The van der Waals surface area contributed by atoms with Crippen LogP contribution in [0.1, 0.15) is 6.92 Å². The van der Waals surface area contributed by atoms with Gasteiger partial charge in [-0.05, 0) is 15.6 Å². The molecule has 0 aromatic carbocycles. The monoisotopic (exact) mass is 104 g/mol. The van der Waals surface area contributed by atoms with Gasteiger partial charge in [0, 0.05) is 6.61 Å². The highest BCUT2D eigenvalue weighted by Crippen LogP contribution is 2.02. The van der Waals surface area contributed by atoms with Gasteiger partial charge in [-0.15, -0.1) is 0 Å². The van der Waals surface area contributed by atoms with E-state index in [-0.39, 0.29) is 0 Å². The van der Waals surface area contributed by atoms with E-state index in [1.807, 2.05) is 6.92 Å². The number of hydrogen-bond acceptors (Lipinski definition) is 2. The van der Waals surface area contributed by atoms with E-state index in [1.165, 1.54) is 7.13 Å². The van der Waals surface area contributed by atoms with Gasteiger partial charge in [-0.25, -0.2) is 0 Å². The Bertz CT molecular complexity index is 25.5. The van der Waals surface area contributed by atoms with E-state index >= 15 is 0 Å². The first-order valence-electron chi connectivity index (χ1n) is 1.82. The lowest BCUT2D eigenvalue weighted by Crippen LogP contribution is -1.96. The number of nitrogens with two attached hydrogens (primary N) is 1. The summed E-state index contributed by atoms with van der Waals surface area (Å²) < 4.78 is 4.83. The molecule has 0 saturated heterocycles. The van der Waals surface area contributed by atoms with Crippen LogP contribution in [-0.2, 0) is 4.52 Å². The van der Waals surface area contributed by atoms with Crippen molar-refractivity contribution < 1.29 is 4.52 Å². The van der Waals surface area contributed by atoms with Crippen molar-refractivity contribution in [1.82, 2.24) is 0 Å². The summed E-state index contributed by atoms with van der Waals surface area (Å²) in [4.78, 5) is 0. The zero-order chi connectivity index (χ0) is 4.83. The lowest BCUT2D eigenvalue weighted by molar-refractivity contribution is 0.396. The zero-order valence-corrected chi connectivity index (χ0v) is 4.77. The summed E-state index contributed by atoms with van der Waals surface area (Å²) in [6, 6.07) is 0. The quantitative estimate of drug-likeness (QED) is 0.313. The van der Waals surface area contributed by atoms with Gasteiger partial charge in [0.2, 0.25) is 0 Å². The first-order chi connectivity index (χ1) is 2.91. The Morgan fingerprint density at radius 2 is 2.67 bits per heavy atom. The maximum Gasteiger partial charge on any atom is 0.268 e. The van der Waals surface area contributed by atoms with E-state index in [0.29, 0.717) is 8.69 Å². The molecule has 2 N–H and O–H groups in total. The van der Waals surface area contributed by atoms with Crippen LogP contribution in [0.25, 0.3) is 0 Å². The summed E-state index contributed by atoms with van der Waals surface area (Å²) in [5.41, 5.74) is 4.98. The van der Waals surface area contributed by atoms with Gasteiger partial charge in [0.05, 0.1) is 0 Å². The largest absolute Gasteiger partial charge is 0.371 e. The van der Waals surface area contributed by atoms with Crippen molar-refractivity contribution in [2.45, 2.75) is 6.92 Å². The van der Waals surface area contributed by atoms with Gasteiger partial charge in [-0.3, -0.25) is 0 Å². The van der Waals surface area contributed by atoms with Crippen molar-refractivity contribution in [3.05, 3.63) is 0 Å². The van der Waals surface area contributed by atoms with E-state index in [1.54, 1.807) is 0 Å². The molecular formula is C2H8BNOP. The summed E-state index contributed by atoms with van der Waals surface area (Å²) in [6.45, 7) is 2.70. The second-order valence-electron chi connectivity index (χ2n) is 0.718. The summed E-state index contributed by atoms with van der Waals surface area (Å²) in [6.07, 6.45) is 0. The lowest BCUT2D eigenvalue weighted by atomic mass is 10.5. The highest BCUT2D eigenvalue weighted by atomic mass is 31.1. The molecule has 0 aliphatic rings. The van der Waals surface area contributed by atoms with Crippen LogP contribution in [0.3, 0.4) is 0 Å². The minimum Gasteiger partial charge on any atom is -0.371 e. The van der Waals surface area contributed by atoms with Crippen molar-refractivity contribution in [2.75, 3.05) is 6.61 Å². The summed E-state index contributed by atoms with van der Waals surface area (Å²) in [5, 5.41) is 0. The fourth-order valence-corrected chi connectivity index (χ4v) is 0.394. The molecule has 4 heteroatoms. The molecule has 0 saturated carbocycles. The zero-order valence-electron chi connectivity index (χ0n) is 3.77. The fraction of sp³-hybridized carbons (Fsp3) is 1.00. The normalized spacial score (nSPS) is 10.3. The topological polar surface area (TPSA) is 35.2 Å². The SMILES string of the molecule is CCOP[B]N. The molecule has 0 aromatic rings. The summed E-state index contributed by atoms with van der Waals surface area (Å²) in [5.74, 6) is 0. The van der Waals surface area contributed by atoms with Crippen LogP contribution in [-0.4, -0.2) is 13.7 Å². The van der Waals surface area contributed by atoms with E-state index in [4.69, 9.17) is 10.2 Å². The Balaban J connectivity index is 2.34. The van der Waals surface area contributed by atoms with Crippen molar-refractivity contribution in [3.8, 4) is 0 Å². The molecule has 35 valence electrons. The third-order valence-corrected chi connectivity index (χ3v) is 0.887. The molecule has 1 unspecified atom stereocenters. The average molecular weight is 104 g/mol. The predicted octanol–water partition coefficient (Wildman–Crippen LogP) is 0.109. The van der Waals surface area contributed by atoms with Gasteiger partial charge >= 0.3 is 0 Å². The van der Waals surface area contributed by atoms with Crippen LogP contribution < -0.4 is 5.64 Å². The molecule has 2 nitrogen and oxygen atoms in total.